The molecule has 0 N–H and O–H groups in total. The van der Waals surface area contributed by atoms with Crippen LogP contribution in [-0.4, -0.2) is 30.3 Å². The number of benzene rings is 4. The highest BCUT2D eigenvalue weighted by atomic mass is 31.1. The molecule has 0 amide bonds. The molecular weight excluding hydrogens is 554 g/mol. The van der Waals surface area contributed by atoms with E-state index in [1.807, 2.05) is 12.1 Å². The molecule has 1 atom stereocenters. The summed E-state index contributed by atoms with van der Waals surface area (Å²) in [6, 6.07) is 29.3. The molecule has 3 nitrogen and oxygen atoms in total. The number of rotatable bonds is 5. The molecule has 1 fully saturated rings. The van der Waals surface area contributed by atoms with E-state index in [4.69, 9.17) is 9.47 Å². The summed E-state index contributed by atoms with van der Waals surface area (Å²) in [4.78, 5) is 12.4. The number of aryl methyl sites for hydroxylation is 2. The molecule has 1 unspecified atom stereocenters. The van der Waals surface area contributed by atoms with E-state index in [2.05, 4.69) is 124 Å². The molecule has 42 heavy (non-hydrogen) atoms. The molecular formula is C37H44O3P2. The van der Waals surface area contributed by atoms with Crippen LogP contribution in [0.5, 0.6) is 11.5 Å². The molecule has 220 valence electrons. The fraction of sp³-hybridized carbons (Fsp3) is 0.324. The highest BCUT2D eigenvalue weighted by molar-refractivity contribution is 7.69. The van der Waals surface area contributed by atoms with Gasteiger partial charge in [-0.3, -0.25) is 4.79 Å². The summed E-state index contributed by atoms with van der Waals surface area (Å²) in [6.45, 7) is 13.3. The number of methoxy groups -OCH3 is 2. The lowest BCUT2D eigenvalue weighted by Crippen LogP contribution is -2.44. The van der Waals surface area contributed by atoms with Crippen molar-refractivity contribution in [2.45, 2.75) is 64.7 Å². The van der Waals surface area contributed by atoms with Crippen LogP contribution in [0.2, 0.25) is 0 Å². The lowest BCUT2D eigenvalue weighted by molar-refractivity contribution is -0.120. The normalized spacial score (nSPS) is 15.9. The van der Waals surface area contributed by atoms with Crippen molar-refractivity contribution in [3.8, 4) is 33.8 Å². The van der Waals surface area contributed by atoms with E-state index < -0.39 is 7.92 Å². The van der Waals surface area contributed by atoms with E-state index in [0.717, 1.165) is 16.8 Å². The predicted octanol–water partition coefficient (Wildman–Crippen LogP) is 8.87. The lowest BCUT2D eigenvalue weighted by atomic mass is 9.96. The van der Waals surface area contributed by atoms with Crippen molar-refractivity contribution >= 4 is 33.6 Å². The summed E-state index contributed by atoms with van der Waals surface area (Å²) in [5.41, 5.74) is 7.50. The van der Waals surface area contributed by atoms with E-state index >= 15 is 0 Å². The zero-order valence-corrected chi connectivity index (χ0v) is 28.3. The van der Waals surface area contributed by atoms with Gasteiger partial charge in [0, 0.05) is 23.5 Å². The average Bonchev–Trinajstić information content (AvgIpc) is 2.93. The average molecular weight is 599 g/mol. The number of ether oxygens (including phenoxy) is 2. The Kier molecular flexibility index (Phi) is 9.97. The molecule has 0 aliphatic carbocycles. The largest absolute Gasteiger partial charge is 0.496 e. The van der Waals surface area contributed by atoms with E-state index in [0.29, 0.717) is 18.6 Å². The van der Waals surface area contributed by atoms with Gasteiger partial charge in [0.15, 0.2) is 0 Å². The molecule has 1 heterocycles. The van der Waals surface area contributed by atoms with Crippen LogP contribution in [0, 0.1) is 13.8 Å². The quantitative estimate of drug-likeness (QED) is 0.215. The van der Waals surface area contributed by atoms with Gasteiger partial charge in [-0.25, -0.2) is 0 Å². The first-order chi connectivity index (χ1) is 19.9. The summed E-state index contributed by atoms with van der Waals surface area (Å²) < 4.78 is 11.2. The van der Waals surface area contributed by atoms with Gasteiger partial charge in [0.05, 0.1) is 14.2 Å². The molecule has 1 saturated heterocycles. The van der Waals surface area contributed by atoms with Crippen molar-refractivity contribution in [2.75, 3.05) is 14.2 Å². The van der Waals surface area contributed by atoms with Gasteiger partial charge >= 0.3 is 0 Å². The molecule has 1 aliphatic heterocycles. The van der Waals surface area contributed by atoms with E-state index in [1.165, 1.54) is 38.7 Å². The van der Waals surface area contributed by atoms with E-state index in [1.54, 1.807) is 14.2 Å². The maximum atomic E-state index is 12.4. The van der Waals surface area contributed by atoms with Crippen LogP contribution in [0.15, 0.2) is 84.9 Å². The van der Waals surface area contributed by atoms with Gasteiger partial charge < -0.3 is 9.47 Å². The van der Waals surface area contributed by atoms with Gasteiger partial charge in [-0.05, 0) is 69.7 Å². The lowest BCUT2D eigenvalue weighted by Gasteiger charge is -2.50. The smallest absolute Gasteiger partial charge is 0.134 e. The SMILES string of the molecule is COc1ccc(C)c(-c2ccccc2)c1P.COc1ccc(C)c(-c2ccccc2)c1P1C(C)(C)CC(=O)CC1(C)C. The van der Waals surface area contributed by atoms with Gasteiger partial charge in [0.2, 0.25) is 0 Å². The maximum Gasteiger partial charge on any atom is 0.134 e. The van der Waals surface area contributed by atoms with Gasteiger partial charge in [-0.1, -0.05) is 108 Å². The Morgan fingerprint density at radius 1 is 0.643 bits per heavy atom. The Labute approximate surface area is 256 Å². The Bertz CT molecular complexity index is 1520. The first-order valence-electron chi connectivity index (χ1n) is 14.4. The van der Waals surface area contributed by atoms with Crippen LogP contribution >= 0.6 is 17.2 Å². The number of ketones is 1. The molecule has 5 rings (SSSR count). The zero-order valence-electron chi connectivity index (χ0n) is 26.2. The summed E-state index contributed by atoms with van der Waals surface area (Å²) in [6.07, 6.45) is 1.29. The summed E-state index contributed by atoms with van der Waals surface area (Å²) >= 11 is 0. The van der Waals surface area contributed by atoms with Gasteiger partial charge in [-0.2, -0.15) is 0 Å². The molecule has 5 heteroatoms. The van der Waals surface area contributed by atoms with E-state index in [-0.39, 0.29) is 10.3 Å². The second kappa shape index (κ2) is 13.1. The highest BCUT2D eigenvalue weighted by Gasteiger charge is 2.49. The van der Waals surface area contributed by atoms with Crippen molar-refractivity contribution in [1.82, 2.24) is 0 Å². The van der Waals surface area contributed by atoms with Crippen molar-refractivity contribution in [1.29, 1.82) is 0 Å². The van der Waals surface area contributed by atoms with Crippen LogP contribution < -0.4 is 20.1 Å². The molecule has 0 bridgehead atoms. The molecule has 0 saturated carbocycles. The number of hydrogen-bond donors (Lipinski definition) is 0. The molecule has 4 aromatic rings. The van der Waals surface area contributed by atoms with Crippen LogP contribution in [0.3, 0.4) is 0 Å². The predicted molar refractivity (Wildman–Crippen MR) is 185 cm³/mol. The fourth-order valence-corrected chi connectivity index (χ4v) is 11.6. The Morgan fingerprint density at radius 3 is 1.55 bits per heavy atom. The third-order valence-electron chi connectivity index (χ3n) is 8.02. The minimum atomic E-state index is -0.613. The third kappa shape index (κ3) is 6.64. The molecule has 0 spiro atoms. The first kappa shape index (κ1) is 31.9. The van der Waals surface area contributed by atoms with Crippen molar-refractivity contribution in [3.63, 3.8) is 0 Å². The van der Waals surface area contributed by atoms with Gasteiger partial charge in [0.25, 0.3) is 0 Å². The van der Waals surface area contributed by atoms with Gasteiger partial charge in [-0.15, -0.1) is 9.24 Å². The topological polar surface area (TPSA) is 35.5 Å². The van der Waals surface area contributed by atoms with Crippen LogP contribution in [0.25, 0.3) is 22.3 Å². The minimum absolute atomic E-state index is 0.0568. The molecule has 0 aromatic heterocycles. The fourth-order valence-electron chi connectivity index (χ4n) is 6.51. The van der Waals surface area contributed by atoms with Crippen LogP contribution in [0.1, 0.15) is 51.7 Å². The zero-order chi connectivity index (χ0) is 30.7. The van der Waals surface area contributed by atoms with Crippen LogP contribution in [0.4, 0.5) is 0 Å². The summed E-state index contributed by atoms with van der Waals surface area (Å²) in [5.74, 6) is 2.25. The molecule has 0 radical (unpaired) electrons. The highest BCUT2D eigenvalue weighted by Crippen LogP contribution is 2.66. The third-order valence-corrected chi connectivity index (χ3v) is 12.2. The standard InChI is InChI=1S/C23H29O2P.C14H15OP/c1-16-12-13-19(25-6)21(20(16)17-10-8-7-9-11-17)26-22(2,3)14-18(24)15-23(26,4)5;1-10-8-9-12(15-2)14(16)13(10)11-6-4-3-5-7-11/h7-13H,14-15H2,1-6H3;3-9H,16H2,1-2H3. The number of carbonyl (C=O) groups is 1. The van der Waals surface area contributed by atoms with Crippen LogP contribution in [-0.2, 0) is 4.79 Å². The first-order valence-corrected chi connectivity index (χ1v) is 16.4. The van der Waals surface area contributed by atoms with Gasteiger partial charge in [0.1, 0.15) is 17.3 Å². The minimum Gasteiger partial charge on any atom is -0.496 e. The Morgan fingerprint density at radius 2 is 1.07 bits per heavy atom. The monoisotopic (exact) mass is 598 g/mol. The Hall–Kier alpha value is -2.99. The maximum absolute atomic E-state index is 12.4. The molecule has 1 aliphatic rings. The molecule has 4 aromatic carbocycles. The van der Waals surface area contributed by atoms with Crippen molar-refractivity contribution in [3.05, 3.63) is 96.1 Å². The van der Waals surface area contributed by atoms with Crippen molar-refractivity contribution < 1.29 is 14.3 Å². The Balaban J connectivity index is 0.000000216. The number of carbonyl (C=O) groups excluding carboxylic acids is 1. The summed E-state index contributed by atoms with van der Waals surface area (Å²) in [7, 11) is 5.62. The number of hydrogen-bond acceptors (Lipinski definition) is 3. The summed E-state index contributed by atoms with van der Waals surface area (Å²) in [5, 5.41) is 2.32. The van der Waals surface area contributed by atoms with Crippen molar-refractivity contribution in [2.24, 2.45) is 0 Å². The van der Waals surface area contributed by atoms with E-state index in [9.17, 15) is 4.79 Å². The second-order valence-electron chi connectivity index (χ2n) is 12.3. The number of Topliss-reactive ketones (excluding diaryl/α,β-unsaturated/α-hetero) is 1. The second-order valence-corrected chi connectivity index (χ2v) is 16.4.